The lowest BCUT2D eigenvalue weighted by Gasteiger charge is -2.67. The molecule has 0 aromatic rings. The van der Waals surface area contributed by atoms with E-state index in [1.807, 2.05) is 13.0 Å². The molecule has 5 aliphatic rings. The van der Waals surface area contributed by atoms with E-state index in [9.17, 15) is 4.79 Å². The van der Waals surface area contributed by atoms with Crippen molar-refractivity contribution in [3.05, 3.63) is 24.3 Å². The average molecular weight is 304 g/mol. The third-order valence-corrected chi connectivity index (χ3v) is 6.81. The third-order valence-electron chi connectivity index (χ3n) is 6.81. The summed E-state index contributed by atoms with van der Waals surface area (Å²) in [5, 5.41) is 0. The summed E-state index contributed by atoms with van der Waals surface area (Å²) in [5.41, 5.74) is 1.15. The smallest absolute Gasteiger partial charge is 0.330 e. The van der Waals surface area contributed by atoms with Gasteiger partial charge in [-0.15, -0.1) is 0 Å². The van der Waals surface area contributed by atoms with Gasteiger partial charge in [-0.1, -0.05) is 31.1 Å². The average Bonchev–Trinajstić information content (AvgIpc) is 3.04. The molecule has 1 unspecified atom stereocenters. The maximum atomic E-state index is 11.8. The van der Waals surface area contributed by atoms with Crippen LogP contribution in [0.15, 0.2) is 24.3 Å². The maximum Gasteiger partial charge on any atom is 0.330 e. The van der Waals surface area contributed by atoms with Gasteiger partial charge in [0, 0.05) is 29.4 Å². The van der Waals surface area contributed by atoms with Crippen LogP contribution in [0.3, 0.4) is 0 Å². The van der Waals surface area contributed by atoms with Crippen molar-refractivity contribution in [3.63, 3.8) is 0 Å². The number of allylic oxidation sites excluding steroid dienone is 1. The first-order valence-corrected chi connectivity index (χ1v) is 8.33. The Balaban J connectivity index is 1.75. The minimum absolute atomic E-state index is 0.0300. The Bertz CT molecular complexity index is 567. The zero-order valence-corrected chi connectivity index (χ0v) is 13.4. The highest BCUT2D eigenvalue weighted by molar-refractivity contribution is 5.82. The molecule has 0 aromatic heterocycles. The summed E-state index contributed by atoms with van der Waals surface area (Å²) < 4.78 is 17.0. The molecular weight excluding hydrogens is 280 g/mol. The normalized spacial score (nSPS) is 48.4. The van der Waals surface area contributed by atoms with Gasteiger partial charge in [-0.2, -0.15) is 0 Å². The molecule has 4 bridgehead atoms. The fourth-order valence-electron chi connectivity index (χ4n) is 6.26. The molecule has 1 heterocycles. The van der Waals surface area contributed by atoms with Crippen molar-refractivity contribution in [2.24, 2.45) is 16.2 Å². The molecule has 4 aliphatic carbocycles. The van der Waals surface area contributed by atoms with E-state index in [0.29, 0.717) is 6.61 Å². The molecule has 0 radical (unpaired) electrons. The zero-order chi connectivity index (χ0) is 15.6. The molecule has 0 aromatic carbocycles. The summed E-state index contributed by atoms with van der Waals surface area (Å²) in [6.45, 7) is 6.65. The van der Waals surface area contributed by atoms with Crippen LogP contribution in [0, 0.1) is 16.2 Å². The Morgan fingerprint density at radius 3 is 2.95 bits per heavy atom. The maximum absolute atomic E-state index is 11.8. The van der Waals surface area contributed by atoms with Crippen LogP contribution < -0.4 is 0 Å². The van der Waals surface area contributed by atoms with Crippen LogP contribution in [-0.4, -0.2) is 32.1 Å². The Morgan fingerprint density at radius 2 is 2.23 bits per heavy atom. The molecule has 5 atom stereocenters. The number of carbonyl (C=O) groups is 1. The van der Waals surface area contributed by atoms with Crippen molar-refractivity contribution in [2.75, 3.05) is 13.7 Å². The van der Waals surface area contributed by atoms with Gasteiger partial charge in [0.05, 0.1) is 12.7 Å². The summed E-state index contributed by atoms with van der Waals surface area (Å²) in [6, 6.07) is 0. The second-order valence-electron chi connectivity index (χ2n) is 7.08. The van der Waals surface area contributed by atoms with E-state index in [1.165, 1.54) is 18.4 Å². The highest BCUT2D eigenvalue weighted by Crippen LogP contribution is 2.89. The minimum Gasteiger partial charge on any atom is -0.463 e. The fourth-order valence-corrected chi connectivity index (χ4v) is 6.26. The van der Waals surface area contributed by atoms with E-state index in [4.69, 9.17) is 14.2 Å². The quantitative estimate of drug-likeness (QED) is 0.455. The number of ether oxygens (including phenoxy) is 3. The first kappa shape index (κ1) is 14.5. The van der Waals surface area contributed by atoms with Crippen LogP contribution >= 0.6 is 0 Å². The predicted octanol–water partition coefficient (Wildman–Crippen LogP) is 2.98. The molecule has 4 heteroatoms. The molecule has 1 spiro atoms. The van der Waals surface area contributed by atoms with E-state index < -0.39 is 0 Å². The molecular formula is C18H24O4. The summed E-state index contributed by atoms with van der Waals surface area (Å²) in [5.74, 6) is -0.271. The number of esters is 1. The molecule has 0 N–H and O–H groups in total. The van der Waals surface area contributed by atoms with E-state index in [0.717, 1.165) is 19.3 Å². The first-order chi connectivity index (χ1) is 10.6. The first-order valence-electron chi connectivity index (χ1n) is 8.33. The third kappa shape index (κ3) is 1.23. The molecule has 1 aliphatic heterocycles. The van der Waals surface area contributed by atoms with Crippen molar-refractivity contribution < 1.29 is 19.0 Å². The highest BCUT2D eigenvalue weighted by Gasteiger charge is 2.89. The molecule has 22 heavy (non-hydrogen) atoms. The fraction of sp³-hybridized carbons (Fsp3) is 0.722. The van der Waals surface area contributed by atoms with Crippen molar-refractivity contribution in [2.45, 2.75) is 51.4 Å². The van der Waals surface area contributed by atoms with Crippen LogP contribution in [-0.2, 0) is 19.0 Å². The number of rotatable bonds is 4. The Kier molecular flexibility index (Phi) is 2.93. The Morgan fingerprint density at radius 1 is 1.45 bits per heavy atom. The van der Waals surface area contributed by atoms with Crippen LogP contribution in [0.4, 0.5) is 0 Å². The van der Waals surface area contributed by atoms with E-state index in [-0.39, 0.29) is 34.6 Å². The summed E-state index contributed by atoms with van der Waals surface area (Å²) in [7, 11) is 1.73. The molecule has 5 fully saturated rings. The minimum atomic E-state index is -0.271. The second kappa shape index (κ2) is 4.45. The van der Waals surface area contributed by atoms with Crippen molar-refractivity contribution in [1.29, 1.82) is 0 Å². The Labute approximate surface area is 131 Å². The molecule has 1 saturated heterocycles. The summed E-state index contributed by atoms with van der Waals surface area (Å²) >= 11 is 0. The standard InChI is InChI=1S/C18H24O4/c1-4-21-14(19)7-10-16-11-13-17(12(16)2)8-5-6-9-18(16,17)15(20-3)22-13/h7,10,13,15H,2,4-6,8-9,11H2,1,3H3/b10-7+/t13-,15?,16+,17+,18-/m0/s1. The topological polar surface area (TPSA) is 44.8 Å². The summed E-state index contributed by atoms with van der Waals surface area (Å²) in [4.78, 5) is 11.8. The molecule has 0 amide bonds. The van der Waals surface area contributed by atoms with Gasteiger partial charge in [0.25, 0.3) is 0 Å². The predicted molar refractivity (Wildman–Crippen MR) is 81.0 cm³/mol. The van der Waals surface area contributed by atoms with Gasteiger partial charge in [0.15, 0.2) is 6.29 Å². The van der Waals surface area contributed by atoms with E-state index in [2.05, 4.69) is 6.58 Å². The van der Waals surface area contributed by atoms with Gasteiger partial charge in [-0.25, -0.2) is 4.79 Å². The van der Waals surface area contributed by atoms with Gasteiger partial charge in [0.2, 0.25) is 0 Å². The van der Waals surface area contributed by atoms with E-state index >= 15 is 0 Å². The monoisotopic (exact) mass is 304 g/mol. The van der Waals surface area contributed by atoms with Gasteiger partial charge in [-0.05, 0) is 26.2 Å². The largest absolute Gasteiger partial charge is 0.463 e. The second-order valence-corrected chi connectivity index (χ2v) is 7.08. The molecule has 5 rings (SSSR count). The molecule has 4 saturated carbocycles. The number of hydrogen-bond donors (Lipinski definition) is 0. The zero-order valence-electron chi connectivity index (χ0n) is 13.4. The van der Waals surface area contributed by atoms with Crippen molar-refractivity contribution >= 4 is 5.97 Å². The number of hydrogen-bond acceptors (Lipinski definition) is 4. The Hall–Kier alpha value is -1.13. The molecule has 120 valence electrons. The highest BCUT2D eigenvalue weighted by atomic mass is 16.7. The lowest BCUT2D eigenvalue weighted by atomic mass is 9.35. The van der Waals surface area contributed by atoms with E-state index in [1.54, 1.807) is 13.2 Å². The lowest BCUT2D eigenvalue weighted by molar-refractivity contribution is -0.233. The van der Waals surface area contributed by atoms with Crippen molar-refractivity contribution in [1.82, 2.24) is 0 Å². The number of methoxy groups -OCH3 is 1. The SMILES string of the molecule is C=C1[C@@]2(/C=C/C(=O)OCC)C[C@@H]3OC(OC)[C@@]24CCCC[C@@]134. The summed E-state index contributed by atoms with van der Waals surface area (Å²) in [6.07, 6.45) is 9.25. The van der Waals surface area contributed by atoms with Crippen LogP contribution in [0.25, 0.3) is 0 Å². The van der Waals surface area contributed by atoms with Crippen LogP contribution in [0.1, 0.15) is 39.0 Å². The van der Waals surface area contributed by atoms with Gasteiger partial charge < -0.3 is 14.2 Å². The van der Waals surface area contributed by atoms with Gasteiger partial charge in [0.1, 0.15) is 0 Å². The van der Waals surface area contributed by atoms with Crippen molar-refractivity contribution in [3.8, 4) is 0 Å². The number of carbonyl (C=O) groups excluding carboxylic acids is 1. The van der Waals surface area contributed by atoms with Gasteiger partial charge >= 0.3 is 5.97 Å². The molecule has 4 nitrogen and oxygen atoms in total. The van der Waals surface area contributed by atoms with Crippen LogP contribution in [0.2, 0.25) is 0 Å². The van der Waals surface area contributed by atoms with Crippen LogP contribution in [0.5, 0.6) is 0 Å². The van der Waals surface area contributed by atoms with Gasteiger partial charge in [-0.3, -0.25) is 0 Å². The lowest BCUT2D eigenvalue weighted by Crippen LogP contribution is -2.65.